The molecule has 0 aliphatic carbocycles. The second kappa shape index (κ2) is 7.51. The van der Waals surface area contributed by atoms with Crippen LogP contribution in [-0.4, -0.2) is 58.9 Å². The first-order valence-electron chi connectivity index (χ1n) is 8.12. The lowest BCUT2D eigenvalue weighted by Gasteiger charge is -2.32. The van der Waals surface area contributed by atoms with E-state index in [1.54, 1.807) is 13.0 Å². The fraction of sp³-hybridized carbons (Fsp3) is 0.625. The summed E-state index contributed by atoms with van der Waals surface area (Å²) in [5.74, 6) is 0.454. The van der Waals surface area contributed by atoms with Crippen molar-refractivity contribution < 1.29 is 26.3 Å². The molecule has 1 fully saturated rings. The standard InChI is InChI=1S/C16H25NO6S2/c1-5-12(2)17(13-8-9-24(18,19)11-13)25(20,21)16-10-14(22-3)6-7-15(16)23-4/h6-7,10,12-13H,5,8-9,11H2,1-4H3/t12-,13+/m0/s1. The molecule has 0 spiro atoms. The average molecular weight is 392 g/mol. The largest absolute Gasteiger partial charge is 0.497 e. The first-order valence-corrected chi connectivity index (χ1v) is 11.4. The van der Waals surface area contributed by atoms with Crippen LogP contribution in [0.3, 0.4) is 0 Å². The summed E-state index contributed by atoms with van der Waals surface area (Å²) < 4.78 is 62.2. The SMILES string of the molecule is CC[C@H](C)N([C@@H]1CCS(=O)(=O)C1)S(=O)(=O)c1cc(OC)ccc1OC. The maximum atomic E-state index is 13.4. The van der Waals surface area contributed by atoms with Crippen molar-refractivity contribution in [3.05, 3.63) is 18.2 Å². The van der Waals surface area contributed by atoms with Crippen molar-refractivity contribution in [2.24, 2.45) is 0 Å². The minimum absolute atomic E-state index is 0.00929. The van der Waals surface area contributed by atoms with Gasteiger partial charge in [0.15, 0.2) is 9.84 Å². The Kier molecular flexibility index (Phi) is 6.01. The van der Waals surface area contributed by atoms with Crippen LogP contribution in [0.5, 0.6) is 11.5 Å². The van der Waals surface area contributed by atoms with Gasteiger partial charge in [0.05, 0.1) is 25.7 Å². The van der Waals surface area contributed by atoms with E-state index in [9.17, 15) is 16.8 Å². The lowest BCUT2D eigenvalue weighted by Crippen LogP contribution is -2.46. The number of ether oxygens (including phenoxy) is 2. The molecule has 1 aliphatic heterocycles. The summed E-state index contributed by atoms with van der Waals surface area (Å²) in [6.45, 7) is 3.66. The molecule has 2 atom stereocenters. The van der Waals surface area contributed by atoms with Crippen molar-refractivity contribution in [2.75, 3.05) is 25.7 Å². The molecular formula is C16H25NO6S2. The minimum Gasteiger partial charge on any atom is -0.497 e. The zero-order chi connectivity index (χ0) is 18.8. The second-order valence-electron chi connectivity index (χ2n) is 6.17. The van der Waals surface area contributed by atoms with E-state index in [4.69, 9.17) is 9.47 Å². The van der Waals surface area contributed by atoms with Crippen molar-refractivity contribution in [1.82, 2.24) is 4.31 Å². The van der Waals surface area contributed by atoms with Crippen molar-refractivity contribution in [3.8, 4) is 11.5 Å². The first kappa shape index (κ1) is 20.0. The van der Waals surface area contributed by atoms with Crippen LogP contribution in [0.4, 0.5) is 0 Å². The van der Waals surface area contributed by atoms with Gasteiger partial charge in [-0.05, 0) is 31.9 Å². The van der Waals surface area contributed by atoms with Gasteiger partial charge in [-0.15, -0.1) is 0 Å². The van der Waals surface area contributed by atoms with Crippen molar-refractivity contribution in [3.63, 3.8) is 0 Å². The van der Waals surface area contributed by atoms with Gasteiger partial charge < -0.3 is 9.47 Å². The van der Waals surface area contributed by atoms with Gasteiger partial charge in [0, 0.05) is 18.2 Å². The summed E-state index contributed by atoms with van der Waals surface area (Å²) in [6.07, 6.45) is 0.875. The van der Waals surface area contributed by atoms with E-state index >= 15 is 0 Å². The number of sulfone groups is 1. The average Bonchev–Trinajstić information content (AvgIpc) is 2.93. The normalized spacial score (nSPS) is 21.2. The molecule has 0 aromatic heterocycles. The monoisotopic (exact) mass is 391 g/mol. The number of benzene rings is 1. The maximum Gasteiger partial charge on any atom is 0.247 e. The molecule has 0 radical (unpaired) electrons. The minimum atomic E-state index is -3.96. The highest BCUT2D eigenvalue weighted by molar-refractivity contribution is 7.92. The van der Waals surface area contributed by atoms with E-state index in [0.717, 1.165) is 0 Å². The summed E-state index contributed by atoms with van der Waals surface area (Å²) in [6, 6.07) is 3.66. The van der Waals surface area contributed by atoms with Crippen molar-refractivity contribution in [2.45, 2.75) is 43.7 Å². The smallest absolute Gasteiger partial charge is 0.247 e. The van der Waals surface area contributed by atoms with E-state index in [1.165, 1.54) is 30.7 Å². The van der Waals surface area contributed by atoms with Gasteiger partial charge in [-0.25, -0.2) is 16.8 Å². The maximum absolute atomic E-state index is 13.4. The van der Waals surface area contributed by atoms with Gasteiger partial charge >= 0.3 is 0 Å². The third-order valence-corrected chi connectivity index (χ3v) is 8.36. The predicted molar refractivity (Wildman–Crippen MR) is 95.4 cm³/mol. The van der Waals surface area contributed by atoms with E-state index in [0.29, 0.717) is 18.6 Å². The second-order valence-corrected chi connectivity index (χ2v) is 10.2. The Labute approximate surface area is 149 Å². The first-order chi connectivity index (χ1) is 11.7. The van der Waals surface area contributed by atoms with Crippen LogP contribution in [0.15, 0.2) is 23.1 Å². The fourth-order valence-electron chi connectivity index (χ4n) is 3.05. The van der Waals surface area contributed by atoms with E-state index in [2.05, 4.69) is 0 Å². The van der Waals surface area contributed by atoms with E-state index in [1.807, 2.05) is 6.92 Å². The molecule has 1 heterocycles. The van der Waals surface area contributed by atoms with Crippen LogP contribution in [0.1, 0.15) is 26.7 Å². The molecule has 0 N–H and O–H groups in total. The predicted octanol–water partition coefficient (Wildman–Crippen LogP) is 1.68. The topological polar surface area (TPSA) is 90.0 Å². The molecule has 0 bridgehead atoms. The number of hydrogen-bond acceptors (Lipinski definition) is 6. The highest BCUT2D eigenvalue weighted by Crippen LogP contribution is 2.34. The van der Waals surface area contributed by atoms with Gasteiger partial charge in [-0.3, -0.25) is 0 Å². The van der Waals surface area contributed by atoms with Crippen LogP contribution in [0.25, 0.3) is 0 Å². The summed E-state index contributed by atoms with van der Waals surface area (Å²) >= 11 is 0. The molecule has 1 aromatic rings. The van der Waals surface area contributed by atoms with Gasteiger partial charge in [0.25, 0.3) is 0 Å². The molecular weight excluding hydrogens is 366 g/mol. The molecule has 2 rings (SSSR count). The fourth-order valence-corrected chi connectivity index (χ4v) is 6.95. The van der Waals surface area contributed by atoms with Gasteiger partial charge in [-0.1, -0.05) is 6.92 Å². The van der Waals surface area contributed by atoms with E-state index in [-0.39, 0.29) is 28.2 Å². The summed E-state index contributed by atoms with van der Waals surface area (Å²) in [5, 5.41) is 0. The highest BCUT2D eigenvalue weighted by Gasteiger charge is 2.42. The molecule has 0 saturated carbocycles. The van der Waals surface area contributed by atoms with Crippen LogP contribution < -0.4 is 9.47 Å². The molecule has 9 heteroatoms. The Balaban J connectivity index is 2.56. The quantitative estimate of drug-likeness (QED) is 0.702. The molecule has 142 valence electrons. The van der Waals surface area contributed by atoms with Crippen molar-refractivity contribution in [1.29, 1.82) is 0 Å². The summed E-state index contributed by atoms with van der Waals surface area (Å²) in [5.41, 5.74) is 0. The van der Waals surface area contributed by atoms with Crippen molar-refractivity contribution >= 4 is 19.9 Å². The number of rotatable bonds is 7. The van der Waals surface area contributed by atoms with Gasteiger partial charge in [0.2, 0.25) is 10.0 Å². The van der Waals surface area contributed by atoms with Gasteiger partial charge in [-0.2, -0.15) is 4.31 Å². The third kappa shape index (κ3) is 4.09. The van der Waals surface area contributed by atoms with Crippen LogP contribution in [-0.2, 0) is 19.9 Å². The third-order valence-electron chi connectivity index (χ3n) is 4.52. The Hall–Kier alpha value is -1.32. The highest BCUT2D eigenvalue weighted by atomic mass is 32.2. The lowest BCUT2D eigenvalue weighted by atomic mass is 10.2. The van der Waals surface area contributed by atoms with Gasteiger partial charge in [0.1, 0.15) is 16.4 Å². The summed E-state index contributed by atoms with van der Waals surface area (Å²) in [7, 11) is -4.32. The molecule has 0 amide bonds. The van der Waals surface area contributed by atoms with Crippen LogP contribution in [0.2, 0.25) is 0 Å². The Morgan fingerprint density at radius 3 is 2.44 bits per heavy atom. The molecule has 1 aliphatic rings. The van der Waals surface area contributed by atoms with Crippen LogP contribution in [0, 0.1) is 0 Å². The Morgan fingerprint density at radius 1 is 1.28 bits per heavy atom. The Bertz CT molecular complexity index is 819. The zero-order valence-electron chi connectivity index (χ0n) is 14.9. The molecule has 0 unspecified atom stereocenters. The number of nitrogens with zero attached hydrogens (tertiary/aromatic N) is 1. The van der Waals surface area contributed by atoms with E-state index < -0.39 is 25.9 Å². The summed E-state index contributed by atoms with van der Waals surface area (Å²) in [4.78, 5) is -0.0149. The molecule has 1 saturated heterocycles. The Morgan fingerprint density at radius 2 is 1.96 bits per heavy atom. The number of hydrogen-bond donors (Lipinski definition) is 0. The number of sulfonamides is 1. The molecule has 1 aromatic carbocycles. The van der Waals surface area contributed by atoms with Crippen LogP contribution >= 0.6 is 0 Å². The molecule has 7 nitrogen and oxygen atoms in total. The zero-order valence-corrected chi connectivity index (χ0v) is 16.6. The molecule has 25 heavy (non-hydrogen) atoms. The lowest BCUT2D eigenvalue weighted by molar-refractivity contribution is 0.270. The number of methoxy groups -OCH3 is 2.